The van der Waals surface area contributed by atoms with E-state index in [1.54, 1.807) is 0 Å². The van der Waals surface area contributed by atoms with Gasteiger partial charge in [-0.2, -0.15) is 25.3 Å². The molecule has 0 aromatic rings. The van der Waals surface area contributed by atoms with Crippen molar-refractivity contribution in [1.82, 2.24) is 0 Å². The Morgan fingerprint density at radius 3 is 1.39 bits per heavy atom. The summed E-state index contributed by atoms with van der Waals surface area (Å²) in [5.41, 5.74) is 15.7. The first-order valence-electron chi connectivity index (χ1n) is 28.2. The molecule has 12 heteroatoms. The largest absolute Gasteiger partial charge is 0.461 e. The Morgan fingerprint density at radius 1 is 0.597 bits per heavy atom. The van der Waals surface area contributed by atoms with E-state index in [1.165, 1.54) is 62.5 Å². The molecule has 6 fully saturated rings. The summed E-state index contributed by atoms with van der Waals surface area (Å²) in [5.74, 6) is 16.7. The van der Waals surface area contributed by atoms with Crippen LogP contribution in [0, 0.1) is 105 Å². The summed E-state index contributed by atoms with van der Waals surface area (Å²) in [6.07, 6.45) is 24.8. The molecule has 398 valence electrons. The minimum absolute atomic E-state index is 0.00189. The lowest BCUT2D eigenvalue weighted by atomic mass is 9.47. The van der Waals surface area contributed by atoms with E-state index in [1.807, 2.05) is 0 Å². The molecule has 0 aromatic carbocycles. The number of carbonyl (C=O) groups excluding carboxylic acids is 4. The summed E-state index contributed by atoms with van der Waals surface area (Å²) in [6.45, 7) is 14.7. The third-order valence-corrected chi connectivity index (χ3v) is 22.4. The average Bonchev–Trinajstić information content (AvgIpc) is 3.92. The van der Waals surface area contributed by atoms with Gasteiger partial charge in [0.05, 0.1) is 0 Å². The van der Waals surface area contributed by atoms with Crippen molar-refractivity contribution < 1.29 is 38.1 Å². The van der Waals surface area contributed by atoms with E-state index in [4.69, 9.17) is 30.4 Å². The molecule has 0 bridgehead atoms. The Morgan fingerprint density at radius 2 is 1.00 bits per heavy atom. The van der Waals surface area contributed by atoms with Crippen molar-refractivity contribution in [3.8, 4) is 23.7 Å². The first-order valence-corrected chi connectivity index (χ1v) is 29.4. The number of nitrogens with two attached hydrogens (primary N) is 2. The Labute approximate surface area is 443 Å². The van der Waals surface area contributed by atoms with E-state index in [-0.39, 0.29) is 71.0 Å². The van der Waals surface area contributed by atoms with Gasteiger partial charge in [0.25, 0.3) is 0 Å². The fourth-order valence-corrected chi connectivity index (χ4v) is 18.0. The van der Waals surface area contributed by atoms with E-state index in [2.05, 4.69) is 103 Å². The molecule has 0 radical (unpaired) electrons. The number of hydrogen-bond donors (Lipinski definition) is 4. The molecule has 0 unspecified atom stereocenters. The number of esters is 4. The zero-order chi connectivity index (χ0) is 51.6. The van der Waals surface area contributed by atoms with Gasteiger partial charge in [0, 0.05) is 37.2 Å². The highest BCUT2D eigenvalue weighted by atomic mass is 32.1. The number of fused-ring (bicyclic) bond motifs is 10. The number of thiol groups is 2. The predicted molar refractivity (Wildman–Crippen MR) is 288 cm³/mol. The van der Waals surface area contributed by atoms with Crippen molar-refractivity contribution in [1.29, 1.82) is 0 Å². The third-order valence-electron chi connectivity index (χ3n) is 21.7. The fourth-order valence-electron chi connectivity index (χ4n) is 17.7. The fraction of sp³-hybridized carbons (Fsp3) is 0.800. The van der Waals surface area contributed by atoms with Crippen molar-refractivity contribution in [3.63, 3.8) is 0 Å². The maximum absolute atomic E-state index is 12.8. The number of rotatable bonds is 16. The number of carbonyl (C=O) groups is 4. The lowest BCUT2D eigenvalue weighted by Gasteiger charge is -2.58. The molecule has 0 heterocycles. The second kappa shape index (κ2) is 23.1. The van der Waals surface area contributed by atoms with Crippen LogP contribution in [0.15, 0.2) is 23.3 Å². The Kier molecular flexibility index (Phi) is 17.8. The average molecular weight is 1030 g/mol. The highest BCUT2D eigenvalue weighted by Crippen LogP contribution is 2.69. The van der Waals surface area contributed by atoms with Crippen LogP contribution in [0.25, 0.3) is 0 Å². The maximum Gasteiger partial charge on any atom is 0.324 e. The lowest BCUT2D eigenvalue weighted by Crippen LogP contribution is -2.51. The van der Waals surface area contributed by atoms with Crippen LogP contribution >= 0.6 is 25.3 Å². The molecule has 0 amide bonds. The SMILES string of the molecule is C[C@H](CCC(=O)OCC#CC#CCOC(=O)CC[C@@H](C)[C@H]1CC[C@H]2[C@@H]3CC=C4C[C@@H](OC(=O)[C@@H](N)CS)CC[C@]4(C)[C@H]3CC[C@]12C)[C@H]1CC[C@H]2[C@@H]3CC=C4C[C@@H](OC(=O)[C@@H](N)CS)CC[C@]4(C)[C@H]3CC[C@]12C. The number of ether oxygens (including phenoxy) is 4. The minimum Gasteiger partial charge on any atom is -0.461 e. The number of hydrogen-bond acceptors (Lipinski definition) is 12. The molecule has 8 rings (SSSR count). The molecule has 6 saturated carbocycles. The summed E-state index contributed by atoms with van der Waals surface area (Å²) in [6, 6.07) is -1.34. The molecule has 4 N–H and O–H groups in total. The second-order valence-electron chi connectivity index (χ2n) is 25.1. The normalized spacial score (nSPS) is 39.0. The van der Waals surface area contributed by atoms with Gasteiger partial charge in [-0.05, 0) is 207 Å². The van der Waals surface area contributed by atoms with Crippen LogP contribution in [0.5, 0.6) is 0 Å². The highest BCUT2D eigenvalue weighted by Gasteiger charge is 2.61. The molecule has 72 heavy (non-hydrogen) atoms. The summed E-state index contributed by atoms with van der Waals surface area (Å²) in [5, 5.41) is 0. The Hall–Kier alpha value is -2.90. The Balaban J connectivity index is 0.712. The molecule has 0 aromatic heterocycles. The van der Waals surface area contributed by atoms with Crippen LogP contribution in [-0.2, 0) is 38.1 Å². The monoisotopic (exact) mass is 1030 g/mol. The summed E-state index contributed by atoms with van der Waals surface area (Å²) in [4.78, 5) is 50.5. The van der Waals surface area contributed by atoms with Gasteiger partial charge in [-0.15, -0.1) is 0 Å². The summed E-state index contributed by atoms with van der Waals surface area (Å²) >= 11 is 8.35. The quantitative estimate of drug-likeness (QED) is 0.0386. The van der Waals surface area contributed by atoms with Gasteiger partial charge in [-0.25, -0.2) is 0 Å². The topological polar surface area (TPSA) is 157 Å². The van der Waals surface area contributed by atoms with E-state index < -0.39 is 12.1 Å². The highest BCUT2D eigenvalue weighted by molar-refractivity contribution is 7.80. The molecule has 8 aliphatic carbocycles. The maximum atomic E-state index is 12.8. The lowest BCUT2D eigenvalue weighted by molar-refractivity contribution is -0.153. The third kappa shape index (κ3) is 11.2. The molecule has 8 aliphatic rings. The van der Waals surface area contributed by atoms with E-state index >= 15 is 0 Å². The molecular formula is C60H88N2O8S2. The van der Waals surface area contributed by atoms with Crippen LogP contribution in [0.1, 0.15) is 170 Å². The van der Waals surface area contributed by atoms with Gasteiger partial charge in [0.15, 0.2) is 13.2 Å². The van der Waals surface area contributed by atoms with Gasteiger partial charge in [0.2, 0.25) is 0 Å². The van der Waals surface area contributed by atoms with Gasteiger partial charge in [-0.1, -0.05) is 64.8 Å². The molecule has 10 nitrogen and oxygen atoms in total. The van der Waals surface area contributed by atoms with Gasteiger partial charge >= 0.3 is 23.9 Å². The molecule has 0 spiro atoms. The summed E-state index contributed by atoms with van der Waals surface area (Å²) < 4.78 is 22.6. The van der Waals surface area contributed by atoms with Crippen LogP contribution in [0.3, 0.4) is 0 Å². The molecule has 18 atom stereocenters. The van der Waals surface area contributed by atoms with Gasteiger partial charge < -0.3 is 30.4 Å². The van der Waals surface area contributed by atoms with Crippen LogP contribution in [0.2, 0.25) is 0 Å². The van der Waals surface area contributed by atoms with E-state index in [9.17, 15) is 19.2 Å². The minimum atomic E-state index is -0.671. The van der Waals surface area contributed by atoms with Gasteiger partial charge in [0.1, 0.15) is 24.3 Å². The van der Waals surface area contributed by atoms with E-state index in [0.717, 1.165) is 64.2 Å². The van der Waals surface area contributed by atoms with Crippen LogP contribution < -0.4 is 11.5 Å². The summed E-state index contributed by atoms with van der Waals surface area (Å²) in [7, 11) is 0. The van der Waals surface area contributed by atoms with Crippen molar-refractivity contribution in [2.75, 3.05) is 24.7 Å². The van der Waals surface area contributed by atoms with E-state index in [0.29, 0.717) is 83.5 Å². The second-order valence-corrected chi connectivity index (χ2v) is 25.8. The first kappa shape index (κ1) is 55.3. The van der Waals surface area contributed by atoms with Crippen LogP contribution in [0.4, 0.5) is 0 Å². The van der Waals surface area contributed by atoms with Crippen molar-refractivity contribution >= 4 is 49.1 Å². The zero-order valence-electron chi connectivity index (χ0n) is 44.5. The number of allylic oxidation sites excluding steroid dienone is 2. The molecule has 0 saturated heterocycles. The Bertz CT molecular complexity index is 2060. The van der Waals surface area contributed by atoms with Crippen molar-refractivity contribution in [2.24, 2.45) is 92.3 Å². The smallest absolute Gasteiger partial charge is 0.324 e. The van der Waals surface area contributed by atoms with Crippen molar-refractivity contribution in [2.45, 2.75) is 194 Å². The predicted octanol–water partition coefficient (Wildman–Crippen LogP) is 10.4. The standard InChI is InChI=1S/C60H88N2O8S2/c1-37(45-17-19-47-43-15-13-39-33-41(69-55(65)51(61)35-71)23-27-57(39,3)49(43)25-29-59(45,47)5)11-21-53(63)67-31-9-7-8-10-32-68-54(64)22-12-38(2)46-18-20-48-44-16-14-40-34-42(70-56(66)52(62)36-72)24-28-58(40,4)50(44)26-30-60(46,48)6/h13-14,37-38,41-52,71-72H,11-12,15-36,61-62H2,1-6H3/t37-,38-,41+,42+,43+,44+,45-,46-,47+,48+,49+,50+,51+,52+,57+,58+,59-,60-/m1/s1. The zero-order valence-corrected chi connectivity index (χ0v) is 46.3. The van der Waals surface area contributed by atoms with Crippen molar-refractivity contribution in [3.05, 3.63) is 23.3 Å². The molecular weight excluding hydrogens is 941 g/mol. The van der Waals surface area contributed by atoms with Crippen LogP contribution in [-0.4, -0.2) is 72.9 Å². The first-order chi connectivity index (χ1) is 34.4. The van der Waals surface area contributed by atoms with Gasteiger partial charge in [-0.3, -0.25) is 19.2 Å². The molecule has 0 aliphatic heterocycles.